The Labute approximate surface area is 120 Å². The maximum Gasteiger partial charge on any atom is 0.157 e. The van der Waals surface area contributed by atoms with Gasteiger partial charge in [0.25, 0.3) is 0 Å². The summed E-state index contributed by atoms with van der Waals surface area (Å²) in [5, 5.41) is 5.72. The van der Waals surface area contributed by atoms with Gasteiger partial charge in [-0.25, -0.2) is 0 Å². The normalized spacial score (nSPS) is 38.9. The van der Waals surface area contributed by atoms with Gasteiger partial charge in [-0.2, -0.15) is 11.8 Å². The lowest BCUT2D eigenvalue weighted by Crippen LogP contribution is -2.48. The molecule has 3 unspecified atom stereocenters. The molecule has 2 fully saturated rings. The van der Waals surface area contributed by atoms with Crippen molar-refractivity contribution >= 4 is 28.7 Å². The summed E-state index contributed by atoms with van der Waals surface area (Å²) in [4.78, 5) is 4.97. The van der Waals surface area contributed by atoms with Crippen LogP contribution in [0.4, 0.5) is 0 Å². The second-order valence-electron chi connectivity index (χ2n) is 5.62. The topological polar surface area (TPSA) is 24.4 Å². The van der Waals surface area contributed by atoms with Crippen molar-refractivity contribution < 1.29 is 0 Å². The highest BCUT2D eigenvalue weighted by atomic mass is 32.2. The van der Waals surface area contributed by atoms with Crippen molar-refractivity contribution in [1.29, 1.82) is 0 Å². The third-order valence-electron chi connectivity index (χ3n) is 4.14. The predicted molar refractivity (Wildman–Crippen MR) is 85.9 cm³/mol. The number of amidine groups is 1. The lowest BCUT2D eigenvalue weighted by atomic mass is 9.96. The fourth-order valence-electron chi connectivity index (χ4n) is 2.65. The number of hydrogen-bond donors (Lipinski definition) is 1. The molecule has 3 atom stereocenters. The molecule has 18 heavy (non-hydrogen) atoms. The van der Waals surface area contributed by atoms with Gasteiger partial charge in [-0.1, -0.05) is 25.6 Å². The molecule has 104 valence electrons. The Balaban J connectivity index is 1.89. The first kappa shape index (κ1) is 14.6. The number of nitrogens with one attached hydrogen (secondary N) is 1. The first-order valence-electron chi connectivity index (χ1n) is 7.25. The molecule has 0 aromatic rings. The van der Waals surface area contributed by atoms with Gasteiger partial charge >= 0.3 is 0 Å². The summed E-state index contributed by atoms with van der Waals surface area (Å²) < 4.78 is 0. The second-order valence-corrected chi connectivity index (χ2v) is 8.28. The fraction of sp³-hybridized carbons (Fsp3) is 0.929. The molecule has 0 amide bonds. The Morgan fingerprint density at radius 2 is 2.28 bits per heavy atom. The Morgan fingerprint density at radius 3 is 3.00 bits per heavy atom. The van der Waals surface area contributed by atoms with Gasteiger partial charge in [-0.15, -0.1) is 0 Å². The van der Waals surface area contributed by atoms with Crippen molar-refractivity contribution in [3.8, 4) is 0 Å². The third-order valence-corrected chi connectivity index (χ3v) is 6.26. The van der Waals surface area contributed by atoms with E-state index in [4.69, 9.17) is 4.99 Å². The van der Waals surface area contributed by atoms with Gasteiger partial charge in [-0.05, 0) is 44.8 Å². The minimum atomic E-state index is 0.278. The highest BCUT2D eigenvalue weighted by molar-refractivity contribution is 8.13. The van der Waals surface area contributed by atoms with Gasteiger partial charge < -0.3 is 5.32 Å². The van der Waals surface area contributed by atoms with Crippen LogP contribution in [0.2, 0.25) is 0 Å². The summed E-state index contributed by atoms with van der Waals surface area (Å²) in [6.45, 7) is 6.85. The maximum absolute atomic E-state index is 4.97. The zero-order chi connectivity index (χ0) is 13.0. The molecule has 1 N–H and O–H groups in total. The molecule has 1 aliphatic heterocycles. The Morgan fingerprint density at radius 1 is 1.44 bits per heavy atom. The number of hydrogen-bond acceptors (Lipinski definition) is 3. The van der Waals surface area contributed by atoms with Crippen molar-refractivity contribution in [1.82, 2.24) is 5.32 Å². The Bertz CT molecular complexity index is 306. The van der Waals surface area contributed by atoms with E-state index in [-0.39, 0.29) is 5.54 Å². The van der Waals surface area contributed by atoms with Crippen molar-refractivity contribution in [2.45, 2.75) is 69.7 Å². The molecular weight excluding hydrogens is 260 g/mol. The van der Waals surface area contributed by atoms with Crippen molar-refractivity contribution in [3.05, 3.63) is 0 Å². The number of thioether (sulfide) groups is 2. The first-order chi connectivity index (χ1) is 8.65. The van der Waals surface area contributed by atoms with E-state index in [2.05, 4.69) is 37.8 Å². The average Bonchev–Trinajstić information content (AvgIpc) is 2.77. The van der Waals surface area contributed by atoms with E-state index in [1.807, 2.05) is 11.8 Å². The molecule has 0 bridgehead atoms. The van der Waals surface area contributed by atoms with Crippen LogP contribution in [0.5, 0.6) is 0 Å². The molecule has 1 saturated carbocycles. The second kappa shape index (κ2) is 6.56. The summed E-state index contributed by atoms with van der Waals surface area (Å²) in [6, 6.07) is 0.572. The molecule has 2 aliphatic rings. The van der Waals surface area contributed by atoms with Gasteiger partial charge in [0.1, 0.15) is 0 Å². The summed E-state index contributed by atoms with van der Waals surface area (Å²) in [6.07, 6.45) is 6.37. The fourth-order valence-corrected chi connectivity index (χ4v) is 5.07. The van der Waals surface area contributed by atoms with Crippen LogP contribution in [-0.2, 0) is 0 Å². The van der Waals surface area contributed by atoms with E-state index >= 15 is 0 Å². The summed E-state index contributed by atoms with van der Waals surface area (Å²) in [5.41, 5.74) is 0.278. The van der Waals surface area contributed by atoms with E-state index < -0.39 is 0 Å². The van der Waals surface area contributed by atoms with E-state index in [0.717, 1.165) is 5.25 Å². The number of rotatable bonds is 4. The summed E-state index contributed by atoms with van der Waals surface area (Å²) in [7, 11) is 0. The van der Waals surface area contributed by atoms with Crippen LogP contribution in [0.1, 0.15) is 52.9 Å². The smallest absolute Gasteiger partial charge is 0.157 e. The largest absolute Gasteiger partial charge is 0.360 e. The molecule has 1 aliphatic carbocycles. The number of nitrogens with zero attached hydrogens (tertiary/aromatic N) is 1. The lowest BCUT2D eigenvalue weighted by molar-refractivity contribution is 0.389. The van der Waals surface area contributed by atoms with E-state index in [1.165, 1.54) is 48.8 Å². The summed E-state index contributed by atoms with van der Waals surface area (Å²) in [5.74, 6) is 2.46. The van der Waals surface area contributed by atoms with Crippen LogP contribution in [0.15, 0.2) is 4.99 Å². The van der Waals surface area contributed by atoms with Crippen LogP contribution in [-0.4, -0.2) is 33.5 Å². The van der Waals surface area contributed by atoms with E-state index in [1.54, 1.807) is 0 Å². The van der Waals surface area contributed by atoms with Crippen molar-refractivity contribution in [2.75, 3.05) is 11.5 Å². The van der Waals surface area contributed by atoms with Gasteiger partial charge in [-0.3, -0.25) is 4.99 Å². The molecule has 0 spiro atoms. The van der Waals surface area contributed by atoms with E-state index in [9.17, 15) is 0 Å². The van der Waals surface area contributed by atoms with Gasteiger partial charge in [0.15, 0.2) is 5.17 Å². The molecular formula is C14H26N2S2. The monoisotopic (exact) mass is 286 g/mol. The lowest BCUT2D eigenvalue weighted by Gasteiger charge is -2.35. The molecule has 0 aromatic carbocycles. The SMILES string of the molecule is CCSC1CCC(N=C2NC(C)(CC)CCS2)C1. The first-order valence-corrected chi connectivity index (χ1v) is 9.29. The van der Waals surface area contributed by atoms with Crippen LogP contribution < -0.4 is 5.32 Å². The average molecular weight is 287 g/mol. The third kappa shape index (κ3) is 3.83. The highest BCUT2D eigenvalue weighted by Gasteiger charge is 2.29. The molecule has 4 heteroatoms. The maximum atomic E-state index is 4.97. The zero-order valence-electron chi connectivity index (χ0n) is 11.9. The van der Waals surface area contributed by atoms with Crippen molar-refractivity contribution in [3.63, 3.8) is 0 Å². The highest BCUT2D eigenvalue weighted by Crippen LogP contribution is 2.33. The Hall–Kier alpha value is 0.170. The van der Waals surface area contributed by atoms with Crippen LogP contribution in [0, 0.1) is 0 Å². The van der Waals surface area contributed by atoms with Gasteiger partial charge in [0.05, 0.1) is 6.04 Å². The van der Waals surface area contributed by atoms with Crippen LogP contribution in [0.25, 0.3) is 0 Å². The van der Waals surface area contributed by atoms with E-state index in [0.29, 0.717) is 6.04 Å². The van der Waals surface area contributed by atoms with Crippen LogP contribution in [0.3, 0.4) is 0 Å². The van der Waals surface area contributed by atoms with Crippen molar-refractivity contribution in [2.24, 2.45) is 4.99 Å². The zero-order valence-corrected chi connectivity index (χ0v) is 13.5. The van der Waals surface area contributed by atoms with Gasteiger partial charge in [0.2, 0.25) is 0 Å². The Kier molecular flexibility index (Phi) is 5.31. The molecule has 0 radical (unpaired) electrons. The minimum absolute atomic E-state index is 0.278. The van der Waals surface area contributed by atoms with Gasteiger partial charge in [0, 0.05) is 16.5 Å². The minimum Gasteiger partial charge on any atom is -0.360 e. The standard InChI is InChI=1S/C14H26N2S2/c1-4-14(3)8-9-18-13(16-14)15-11-6-7-12(10-11)17-5-2/h11-12H,4-10H2,1-3H3,(H,15,16). The molecule has 2 rings (SSSR count). The quantitative estimate of drug-likeness (QED) is 0.848. The molecule has 1 saturated heterocycles. The summed E-state index contributed by atoms with van der Waals surface area (Å²) >= 11 is 4.03. The molecule has 2 nitrogen and oxygen atoms in total. The molecule has 0 aromatic heterocycles. The molecule has 1 heterocycles. The van der Waals surface area contributed by atoms with Crippen LogP contribution >= 0.6 is 23.5 Å². The predicted octanol–water partition coefficient (Wildman–Crippen LogP) is 3.91. The number of aliphatic imine (C=N–C) groups is 1.